The Hall–Kier alpha value is -3.52. The summed E-state index contributed by atoms with van der Waals surface area (Å²) in [5.41, 5.74) is 2.70. The molecule has 8 heteroatoms. The lowest BCUT2D eigenvalue weighted by atomic mass is 10.2. The lowest BCUT2D eigenvalue weighted by Crippen LogP contribution is -2.45. The van der Waals surface area contributed by atoms with Crippen molar-refractivity contribution in [2.24, 2.45) is 7.05 Å². The highest BCUT2D eigenvalue weighted by Crippen LogP contribution is 2.14. The van der Waals surface area contributed by atoms with Gasteiger partial charge in [-0.2, -0.15) is 0 Å². The molecule has 2 aromatic heterocycles. The summed E-state index contributed by atoms with van der Waals surface area (Å²) in [7, 11) is 3.50. The molecule has 0 aliphatic rings. The van der Waals surface area contributed by atoms with Gasteiger partial charge in [-0.15, -0.1) is 0 Å². The van der Waals surface area contributed by atoms with E-state index in [2.05, 4.69) is 5.32 Å². The largest absolute Gasteiger partial charge is 0.467 e. The number of rotatable bonds is 10. The summed E-state index contributed by atoms with van der Waals surface area (Å²) in [6, 6.07) is 14.7. The van der Waals surface area contributed by atoms with Crippen LogP contribution in [-0.4, -0.2) is 53.1 Å². The number of furan rings is 1. The fourth-order valence-corrected chi connectivity index (χ4v) is 3.32. The van der Waals surface area contributed by atoms with Crippen LogP contribution in [0.3, 0.4) is 0 Å². The van der Waals surface area contributed by atoms with E-state index in [1.807, 2.05) is 67.2 Å². The lowest BCUT2D eigenvalue weighted by Gasteiger charge is -2.27. The minimum atomic E-state index is -0.349. The number of benzene rings is 1. The number of aryl methyl sites for hydroxylation is 2. The summed E-state index contributed by atoms with van der Waals surface area (Å²) in [6.45, 7) is 3.21. The van der Waals surface area contributed by atoms with Gasteiger partial charge >= 0.3 is 6.03 Å². The Balaban J connectivity index is 1.74. The van der Waals surface area contributed by atoms with Gasteiger partial charge in [-0.25, -0.2) is 4.79 Å². The van der Waals surface area contributed by atoms with Crippen LogP contribution in [-0.2, 0) is 29.7 Å². The van der Waals surface area contributed by atoms with Gasteiger partial charge in [0.25, 0.3) is 0 Å². The quantitative estimate of drug-likeness (QED) is 0.524. The monoisotopic (exact) mass is 438 g/mol. The SMILES string of the molecule is COCCN(CC(=O)N(Cc1ccco1)Cc1cccn1C)C(=O)Nc1cccc(C)c1. The number of carbonyl (C=O) groups is 2. The van der Waals surface area contributed by atoms with Crippen LogP contribution in [0.4, 0.5) is 10.5 Å². The van der Waals surface area contributed by atoms with Crippen molar-refractivity contribution in [1.29, 1.82) is 0 Å². The zero-order valence-corrected chi connectivity index (χ0v) is 18.8. The second-order valence-corrected chi connectivity index (χ2v) is 7.65. The molecule has 0 aliphatic heterocycles. The molecule has 0 bridgehead atoms. The first-order valence-corrected chi connectivity index (χ1v) is 10.5. The number of methoxy groups -OCH3 is 1. The van der Waals surface area contributed by atoms with Gasteiger partial charge in [-0.3, -0.25) is 4.79 Å². The van der Waals surface area contributed by atoms with Crippen molar-refractivity contribution in [3.8, 4) is 0 Å². The predicted octanol–water partition coefficient (Wildman–Crippen LogP) is 3.64. The van der Waals surface area contributed by atoms with Crippen molar-refractivity contribution in [2.75, 3.05) is 32.1 Å². The number of nitrogens with zero attached hydrogens (tertiary/aromatic N) is 3. The highest BCUT2D eigenvalue weighted by molar-refractivity contribution is 5.92. The molecule has 0 saturated carbocycles. The Morgan fingerprint density at radius 3 is 2.59 bits per heavy atom. The number of carbonyl (C=O) groups excluding carboxylic acids is 2. The smallest absolute Gasteiger partial charge is 0.322 e. The first kappa shape index (κ1) is 23.1. The van der Waals surface area contributed by atoms with Gasteiger partial charge < -0.3 is 28.8 Å². The second kappa shape index (κ2) is 11.2. The third kappa shape index (κ3) is 6.49. The molecule has 2 heterocycles. The van der Waals surface area contributed by atoms with Crippen molar-refractivity contribution >= 4 is 17.6 Å². The molecular formula is C24H30N4O4. The van der Waals surface area contributed by atoms with Crippen LogP contribution in [0, 0.1) is 6.92 Å². The number of hydrogen-bond acceptors (Lipinski definition) is 4. The van der Waals surface area contributed by atoms with Crippen LogP contribution in [0.15, 0.2) is 65.4 Å². The van der Waals surface area contributed by atoms with Gasteiger partial charge in [0.15, 0.2) is 0 Å². The molecule has 3 amide bonds. The van der Waals surface area contributed by atoms with Gasteiger partial charge in [0, 0.05) is 38.3 Å². The summed E-state index contributed by atoms with van der Waals surface area (Å²) in [6.07, 6.45) is 3.52. The van der Waals surface area contributed by atoms with E-state index in [0.29, 0.717) is 37.7 Å². The van der Waals surface area contributed by atoms with E-state index in [0.717, 1.165) is 11.3 Å². The van der Waals surface area contributed by atoms with Crippen molar-refractivity contribution in [3.63, 3.8) is 0 Å². The molecule has 0 unspecified atom stereocenters. The van der Waals surface area contributed by atoms with Crippen LogP contribution >= 0.6 is 0 Å². The van der Waals surface area contributed by atoms with Crippen LogP contribution in [0.1, 0.15) is 17.0 Å². The van der Waals surface area contributed by atoms with Crippen LogP contribution in [0.5, 0.6) is 0 Å². The second-order valence-electron chi connectivity index (χ2n) is 7.65. The highest BCUT2D eigenvalue weighted by Gasteiger charge is 2.23. The van der Waals surface area contributed by atoms with Gasteiger partial charge in [-0.05, 0) is 48.9 Å². The van der Waals surface area contributed by atoms with Gasteiger partial charge in [0.2, 0.25) is 5.91 Å². The Bertz CT molecular complexity index is 1010. The highest BCUT2D eigenvalue weighted by atomic mass is 16.5. The number of amides is 3. The molecule has 0 saturated heterocycles. The van der Waals surface area contributed by atoms with Crippen LogP contribution in [0.25, 0.3) is 0 Å². The number of nitrogens with one attached hydrogen (secondary N) is 1. The Labute approximate surface area is 188 Å². The van der Waals surface area contributed by atoms with E-state index in [9.17, 15) is 9.59 Å². The standard InChI is InChI=1S/C24H30N4O4/c1-19-7-4-8-20(15-19)25-24(30)27(12-14-31-3)18-23(29)28(17-22-10-6-13-32-22)16-21-9-5-11-26(21)2/h4-11,13,15H,12,14,16-18H2,1-3H3,(H,25,30). The lowest BCUT2D eigenvalue weighted by molar-refractivity contribution is -0.133. The molecule has 0 radical (unpaired) electrons. The van der Waals surface area contributed by atoms with Crippen molar-refractivity contribution in [1.82, 2.24) is 14.4 Å². The summed E-state index contributed by atoms with van der Waals surface area (Å²) in [4.78, 5) is 29.4. The molecule has 0 atom stereocenters. The van der Waals surface area contributed by atoms with Crippen LogP contribution in [0.2, 0.25) is 0 Å². The third-order valence-electron chi connectivity index (χ3n) is 5.13. The normalized spacial score (nSPS) is 10.7. The van der Waals surface area contributed by atoms with E-state index < -0.39 is 0 Å². The van der Waals surface area contributed by atoms with Crippen molar-refractivity contribution in [3.05, 3.63) is 78.0 Å². The van der Waals surface area contributed by atoms with E-state index in [1.54, 1.807) is 24.3 Å². The first-order valence-electron chi connectivity index (χ1n) is 10.5. The number of anilines is 1. The van der Waals surface area contributed by atoms with Crippen molar-refractivity contribution < 1.29 is 18.7 Å². The molecule has 1 aromatic carbocycles. The van der Waals surface area contributed by atoms with Crippen LogP contribution < -0.4 is 5.32 Å². The van der Waals surface area contributed by atoms with Gasteiger partial charge in [0.05, 0.1) is 26.0 Å². The molecule has 170 valence electrons. The van der Waals surface area contributed by atoms with E-state index >= 15 is 0 Å². The molecule has 0 fully saturated rings. The molecule has 3 rings (SSSR count). The number of aromatic nitrogens is 1. The van der Waals surface area contributed by atoms with E-state index in [4.69, 9.17) is 9.15 Å². The minimum absolute atomic E-state index is 0.0772. The predicted molar refractivity (Wildman–Crippen MR) is 122 cm³/mol. The number of hydrogen-bond donors (Lipinski definition) is 1. The zero-order chi connectivity index (χ0) is 22.9. The molecular weight excluding hydrogens is 408 g/mol. The Kier molecular flexibility index (Phi) is 8.10. The summed E-state index contributed by atoms with van der Waals surface area (Å²) in [5.74, 6) is 0.498. The molecule has 8 nitrogen and oxygen atoms in total. The summed E-state index contributed by atoms with van der Waals surface area (Å²) in [5, 5.41) is 2.87. The minimum Gasteiger partial charge on any atom is -0.467 e. The fraction of sp³-hybridized carbons (Fsp3) is 0.333. The van der Waals surface area contributed by atoms with Gasteiger partial charge in [-0.1, -0.05) is 12.1 Å². The fourth-order valence-electron chi connectivity index (χ4n) is 3.32. The molecule has 0 aliphatic carbocycles. The Morgan fingerprint density at radius 2 is 1.94 bits per heavy atom. The van der Waals surface area contributed by atoms with Crippen molar-refractivity contribution in [2.45, 2.75) is 20.0 Å². The summed E-state index contributed by atoms with van der Waals surface area (Å²) >= 11 is 0. The van der Waals surface area contributed by atoms with E-state index in [-0.39, 0.29) is 18.5 Å². The van der Waals surface area contributed by atoms with Gasteiger partial charge in [0.1, 0.15) is 12.3 Å². The Morgan fingerprint density at radius 1 is 1.09 bits per heavy atom. The molecule has 32 heavy (non-hydrogen) atoms. The molecule has 3 aromatic rings. The third-order valence-corrected chi connectivity index (χ3v) is 5.13. The zero-order valence-electron chi connectivity index (χ0n) is 18.8. The maximum absolute atomic E-state index is 13.3. The van der Waals surface area contributed by atoms with E-state index in [1.165, 1.54) is 4.90 Å². The maximum Gasteiger partial charge on any atom is 0.322 e. The molecule has 0 spiro atoms. The summed E-state index contributed by atoms with van der Waals surface area (Å²) < 4.78 is 12.6. The topological polar surface area (TPSA) is 80.0 Å². The maximum atomic E-state index is 13.3. The average molecular weight is 439 g/mol. The first-order chi connectivity index (χ1) is 15.5. The number of ether oxygens (including phenoxy) is 1. The molecule has 1 N–H and O–H groups in total. The number of urea groups is 1. The average Bonchev–Trinajstić information content (AvgIpc) is 3.42.